The van der Waals surface area contributed by atoms with Gasteiger partial charge in [0.15, 0.2) is 0 Å². The molecule has 0 spiro atoms. The van der Waals surface area contributed by atoms with E-state index in [1.807, 2.05) is 13.8 Å². The molecule has 1 aliphatic carbocycles. The maximum Gasteiger partial charge on any atom is 0.305 e. The summed E-state index contributed by atoms with van der Waals surface area (Å²) < 4.78 is 4.71. The van der Waals surface area contributed by atoms with Gasteiger partial charge in [-0.15, -0.1) is 11.6 Å². The molecular weight excluding hydrogens is 372 g/mol. The number of halogens is 1. The second-order valence-corrected chi connectivity index (χ2v) is 9.44. The summed E-state index contributed by atoms with van der Waals surface area (Å²) in [5, 5.41) is 10.5. The first-order chi connectivity index (χ1) is 13.3. The molecule has 2 rings (SSSR count). The number of ether oxygens (including phenoxy) is 1. The Kier molecular flexibility index (Phi) is 9.30. The van der Waals surface area contributed by atoms with Gasteiger partial charge in [-0.2, -0.15) is 0 Å². The molecule has 4 heteroatoms. The van der Waals surface area contributed by atoms with Gasteiger partial charge in [0.2, 0.25) is 0 Å². The van der Waals surface area contributed by atoms with E-state index in [0.717, 1.165) is 44.1 Å². The molecule has 0 saturated heterocycles. The molecule has 3 nitrogen and oxygen atoms in total. The molecule has 0 aromatic heterocycles. The molecule has 1 fully saturated rings. The van der Waals surface area contributed by atoms with Gasteiger partial charge >= 0.3 is 5.97 Å². The number of unbranched alkanes of at least 4 members (excludes halogenated alkanes) is 1. The average Bonchev–Trinajstić information content (AvgIpc) is 3.04. The van der Waals surface area contributed by atoms with Crippen LogP contribution in [0.5, 0.6) is 0 Å². The summed E-state index contributed by atoms with van der Waals surface area (Å²) in [5.74, 6) is 1.71. The minimum atomic E-state index is -0.404. The molecule has 28 heavy (non-hydrogen) atoms. The van der Waals surface area contributed by atoms with Crippen molar-refractivity contribution in [3.8, 4) is 0 Å². The minimum Gasteiger partial charge on any atom is -0.469 e. The van der Waals surface area contributed by atoms with Gasteiger partial charge in [-0.25, -0.2) is 0 Å². The summed E-state index contributed by atoms with van der Waals surface area (Å²) in [6.07, 6.45) is 6.54. The Morgan fingerprint density at radius 3 is 2.46 bits per heavy atom. The molecule has 1 N–H and O–H groups in total. The van der Waals surface area contributed by atoms with Gasteiger partial charge < -0.3 is 9.84 Å². The Balaban J connectivity index is 1.91. The van der Waals surface area contributed by atoms with Crippen LogP contribution in [0.4, 0.5) is 0 Å². The number of aliphatic hydroxyl groups is 1. The van der Waals surface area contributed by atoms with Gasteiger partial charge in [-0.05, 0) is 60.5 Å². The smallest absolute Gasteiger partial charge is 0.305 e. The number of hydrogen-bond donors (Lipinski definition) is 1. The Bertz CT molecular complexity index is 598. The zero-order chi connectivity index (χ0) is 20.7. The van der Waals surface area contributed by atoms with E-state index >= 15 is 0 Å². The third-order valence-corrected chi connectivity index (χ3v) is 6.84. The van der Waals surface area contributed by atoms with Crippen LogP contribution in [0, 0.1) is 17.8 Å². The van der Waals surface area contributed by atoms with E-state index in [2.05, 4.69) is 31.2 Å². The maximum absolute atomic E-state index is 11.2. The third kappa shape index (κ3) is 6.49. The topological polar surface area (TPSA) is 46.5 Å². The zero-order valence-corrected chi connectivity index (χ0v) is 18.6. The molecule has 0 heterocycles. The average molecular weight is 409 g/mol. The Morgan fingerprint density at radius 1 is 1.18 bits per heavy atom. The van der Waals surface area contributed by atoms with Gasteiger partial charge in [-0.1, -0.05) is 57.9 Å². The number of methoxy groups -OCH3 is 1. The van der Waals surface area contributed by atoms with Crippen molar-refractivity contribution in [2.45, 2.75) is 83.1 Å². The van der Waals surface area contributed by atoms with Gasteiger partial charge in [0, 0.05) is 11.8 Å². The highest BCUT2D eigenvalue weighted by molar-refractivity contribution is 6.21. The van der Waals surface area contributed by atoms with E-state index in [4.69, 9.17) is 16.3 Å². The lowest BCUT2D eigenvalue weighted by atomic mass is 9.81. The minimum absolute atomic E-state index is 0.115. The summed E-state index contributed by atoms with van der Waals surface area (Å²) >= 11 is 6.71. The number of carbonyl (C=O) groups excluding carboxylic acids is 1. The van der Waals surface area contributed by atoms with Crippen molar-refractivity contribution in [3.05, 3.63) is 35.4 Å². The zero-order valence-electron chi connectivity index (χ0n) is 17.9. The second-order valence-electron chi connectivity index (χ2n) is 8.88. The number of aliphatic hydroxyl groups excluding tert-OH is 1. The van der Waals surface area contributed by atoms with Crippen LogP contribution in [0.2, 0.25) is 0 Å². The van der Waals surface area contributed by atoms with E-state index in [-0.39, 0.29) is 17.3 Å². The molecule has 5 atom stereocenters. The molecule has 0 radical (unpaired) electrons. The summed E-state index contributed by atoms with van der Waals surface area (Å²) in [7, 11) is 1.45. The highest BCUT2D eigenvalue weighted by Gasteiger charge is 2.36. The van der Waals surface area contributed by atoms with Crippen LogP contribution >= 0.6 is 11.6 Å². The summed E-state index contributed by atoms with van der Waals surface area (Å²) in [4.78, 5) is 11.2. The van der Waals surface area contributed by atoms with Crippen molar-refractivity contribution in [2.75, 3.05) is 7.11 Å². The number of benzene rings is 1. The van der Waals surface area contributed by atoms with Crippen LogP contribution in [-0.4, -0.2) is 23.6 Å². The highest BCUT2D eigenvalue weighted by atomic mass is 35.5. The first kappa shape index (κ1) is 23.2. The molecule has 0 bridgehead atoms. The second kappa shape index (κ2) is 11.2. The van der Waals surface area contributed by atoms with Crippen LogP contribution in [0.3, 0.4) is 0 Å². The van der Waals surface area contributed by atoms with Crippen molar-refractivity contribution in [3.63, 3.8) is 0 Å². The molecule has 1 aromatic carbocycles. The number of rotatable bonds is 10. The van der Waals surface area contributed by atoms with Crippen LogP contribution in [0.1, 0.15) is 88.9 Å². The van der Waals surface area contributed by atoms with Crippen molar-refractivity contribution in [1.82, 2.24) is 0 Å². The summed E-state index contributed by atoms with van der Waals surface area (Å²) in [6.45, 7) is 6.38. The van der Waals surface area contributed by atoms with Gasteiger partial charge in [0.25, 0.3) is 0 Å². The number of alkyl halides is 1. The maximum atomic E-state index is 11.2. The van der Waals surface area contributed by atoms with E-state index < -0.39 is 6.10 Å². The van der Waals surface area contributed by atoms with Crippen molar-refractivity contribution in [2.24, 2.45) is 17.8 Å². The first-order valence-corrected chi connectivity index (χ1v) is 11.3. The quantitative estimate of drug-likeness (QED) is 0.283. The van der Waals surface area contributed by atoms with Crippen molar-refractivity contribution >= 4 is 17.6 Å². The summed E-state index contributed by atoms with van der Waals surface area (Å²) in [6, 6.07) is 8.53. The Labute approximate surface area is 175 Å². The fourth-order valence-electron chi connectivity index (χ4n) is 4.52. The third-order valence-electron chi connectivity index (χ3n) is 6.30. The van der Waals surface area contributed by atoms with Crippen molar-refractivity contribution in [1.29, 1.82) is 0 Å². The van der Waals surface area contributed by atoms with Crippen LogP contribution in [0.15, 0.2) is 24.3 Å². The van der Waals surface area contributed by atoms with Gasteiger partial charge in [0.1, 0.15) is 0 Å². The van der Waals surface area contributed by atoms with Crippen LogP contribution in [-0.2, 0) is 9.53 Å². The number of esters is 1. The normalized spacial score (nSPS) is 24.3. The van der Waals surface area contributed by atoms with Crippen LogP contribution in [0.25, 0.3) is 0 Å². The molecule has 158 valence electrons. The Morgan fingerprint density at radius 2 is 1.86 bits per heavy atom. The predicted molar refractivity (Wildman–Crippen MR) is 116 cm³/mol. The molecule has 2 unspecified atom stereocenters. The summed E-state index contributed by atoms with van der Waals surface area (Å²) in [5.41, 5.74) is 2.35. The van der Waals surface area contributed by atoms with E-state index in [1.165, 1.54) is 12.7 Å². The SMILES string of the molecule is COC(=O)CCCCC(C)C[C@H]1[C@H](Cl)CC[C@@H]1c1ccc(C(O)C(C)C)cc1. The number of carbonyl (C=O) groups is 1. The van der Waals surface area contributed by atoms with Gasteiger partial charge in [-0.3, -0.25) is 4.79 Å². The first-order valence-electron chi connectivity index (χ1n) is 10.8. The van der Waals surface area contributed by atoms with Gasteiger partial charge in [0.05, 0.1) is 13.2 Å². The lowest BCUT2D eigenvalue weighted by molar-refractivity contribution is -0.140. The van der Waals surface area contributed by atoms with E-state index in [9.17, 15) is 9.90 Å². The molecular formula is C24H37ClO3. The fourth-order valence-corrected chi connectivity index (χ4v) is 4.92. The van der Waals surface area contributed by atoms with E-state index in [1.54, 1.807) is 0 Å². The predicted octanol–water partition coefficient (Wildman–Crippen LogP) is 6.24. The fraction of sp³-hybridized carbons (Fsp3) is 0.708. The molecule has 1 aromatic rings. The molecule has 1 saturated carbocycles. The standard InChI is InChI=1S/C24H37ClO3/c1-16(2)24(27)19-11-9-18(10-12-19)20-13-14-22(25)21(20)15-17(3)7-5-6-8-23(26)28-4/h9-12,16-17,20-22,24,27H,5-8,13-15H2,1-4H3/t17?,20-,21-,22-,24?/m1/s1. The van der Waals surface area contributed by atoms with E-state index in [0.29, 0.717) is 24.2 Å². The monoisotopic (exact) mass is 408 g/mol. The molecule has 0 aliphatic heterocycles. The lowest BCUT2D eigenvalue weighted by Gasteiger charge is -2.26. The van der Waals surface area contributed by atoms with Crippen molar-refractivity contribution < 1.29 is 14.6 Å². The lowest BCUT2D eigenvalue weighted by Crippen LogP contribution is -2.17. The number of hydrogen-bond acceptors (Lipinski definition) is 3. The molecule has 0 amide bonds. The Hall–Kier alpha value is -1.06. The highest BCUT2D eigenvalue weighted by Crippen LogP contribution is 2.46. The molecule has 1 aliphatic rings. The van der Waals surface area contributed by atoms with Crippen LogP contribution < -0.4 is 0 Å². The largest absolute Gasteiger partial charge is 0.469 e.